The fourth-order valence-electron chi connectivity index (χ4n) is 1.59. The molecular weight excluding hydrogens is 188 g/mol. The van der Waals surface area contributed by atoms with Crippen molar-refractivity contribution in [3.8, 4) is 0 Å². The van der Waals surface area contributed by atoms with Gasteiger partial charge in [0.25, 0.3) is 0 Å². The second-order valence-corrected chi connectivity index (χ2v) is 3.74. The smallest absolute Gasteiger partial charge is 0.0594 e. The molecule has 0 saturated heterocycles. The summed E-state index contributed by atoms with van der Waals surface area (Å²) in [6.45, 7) is 5.02. The third-order valence-electron chi connectivity index (χ3n) is 2.45. The first-order chi connectivity index (χ1) is 7.28. The lowest BCUT2D eigenvalue weighted by molar-refractivity contribution is 0.659. The summed E-state index contributed by atoms with van der Waals surface area (Å²) in [5.74, 6) is 0. The lowest BCUT2D eigenvalue weighted by atomic mass is 10.1. The average molecular weight is 204 g/mol. The van der Waals surface area contributed by atoms with Crippen molar-refractivity contribution in [1.82, 2.24) is 20.0 Å². The molecule has 0 amide bonds. The summed E-state index contributed by atoms with van der Waals surface area (Å²) in [6.07, 6.45) is 6.05. The zero-order valence-electron chi connectivity index (χ0n) is 9.20. The minimum Gasteiger partial charge on any atom is -0.282 e. The number of nitrogens with one attached hydrogen (secondary N) is 1. The van der Waals surface area contributed by atoms with Crippen molar-refractivity contribution in [3.05, 3.63) is 35.4 Å². The van der Waals surface area contributed by atoms with Crippen molar-refractivity contribution >= 4 is 0 Å². The number of H-pyrrole nitrogens is 1. The van der Waals surface area contributed by atoms with Gasteiger partial charge in [0.2, 0.25) is 0 Å². The van der Waals surface area contributed by atoms with Gasteiger partial charge in [0.15, 0.2) is 0 Å². The minimum absolute atomic E-state index is 0.934. The standard InChI is InChI=1S/C11H16N4/c1-3-15-8-10(7-12-15)4-5-11-6-9(2)13-14-11/h6-8H,3-5H2,1-2H3,(H,13,14). The summed E-state index contributed by atoms with van der Waals surface area (Å²) in [7, 11) is 0. The van der Waals surface area contributed by atoms with Crippen LogP contribution in [-0.2, 0) is 19.4 Å². The van der Waals surface area contributed by atoms with Crippen molar-refractivity contribution in [2.45, 2.75) is 33.2 Å². The third kappa shape index (κ3) is 2.46. The van der Waals surface area contributed by atoms with Crippen LogP contribution in [-0.4, -0.2) is 20.0 Å². The molecule has 80 valence electrons. The summed E-state index contributed by atoms with van der Waals surface area (Å²) in [6, 6.07) is 2.09. The van der Waals surface area contributed by atoms with E-state index in [1.54, 1.807) is 0 Å². The summed E-state index contributed by atoms with van der Waals surface area (Å²) in [5, 5.41) is 11.4. The quantitative estimate of drug-likeness (QED) is 0.824. The number of aryl methyl sites for hydroxylation is 4. The van der Waals surface area contributed by atoms with Crippen molar-refractivity contribution in [1.29, 1.82) is 0 Å². The van der Waals surface area contributed by atoms with Crippen LogP contribution in [0.1, 0.15) is 23.9 Å². The molecule has 0 saturated carbocycles. The second-order valence-electron chi connectivity index (χ2n) is 3.74. The van der Waals surface area contributed by atoms with E-state index in [-0.39, 0.29) is 0 Å². The zero-order chi connectivity index (χ0) is 10.7. The maximum Gasteiger partial charge on any atom is 0.0594 e. The largest absolute Gasteiger partial charge is 0.282 e. The summed E-state index contributed by atoms with van der Waals surface area (Å²) in [5.41, 5.74) is 3.52. The van der Waals surface area contributed by atoms with Crippen LogP contribution in [0.3, 0.4) is 0 Å². The number of aromatic nitrogens is 4. The lowest BCUT2D eigenvalue weighted by Gasteiger charge is -1.94. The van der Waals surface area contributed by atoms with Crippen LogP contribution >= 0.6 is 0 Å². The van der Waals surface area contributed by atoms with Gasteiger partial charge in [-0.15, -0.1) is 0 Å². The van der Waals surface area contributed by atoms with Gasteiger partial charge in [-0.3, -0.25) is 9.78 Å². The van der Waals surface area contributed by atoms with Crippen molar-refractivity contribution in [2.24, 2.45) is 0 Å². The van der Waals surface area contributed by atoms with Crippen molar-refractivity contribution < 1.29 is 0 Å². The van der Waals surface area contributed by atoms with Crippen LogP contribution in [0.25, 0.3) is 0 Å². The van der Waals surface area contributed by atoms with Crippen molar-refractivity contribution in [3.63, 3.8) is 0 Å². The Morgan fingerprint density at radius 1 is 1.40 bits per heavy atom. The van der Waals surface area contributed by atoms with Gasteiger partial charge in [-0.05, 0) is 38.3 Å². The number of rotatable bonds is 4. The Morgan fingerprint density at radius 2 is 2.27 bits per heavy atom. The molecule has 0 atom stereocenters. The van der Waals surface area contributed by atoms with E-state index in [9.17, 15) is 0 Å². The predicted molar refractivity (Wildman–Crippen MR) is 58.6 cm³/mol. The fraction of sp³-hybridized carbons (Fsp3) is 0.455. The minimum atomic E-state index is 0.934. The highest BCUT2D eigenvalue weighted by atomic mass is 15.3. The first-order valence-electron chi connectivity index (χ1n) is 5.30. The van der Waals surface area contributed by atoms with E-state index in [0.29, 0.717) is 0 Å². The fourth-order valence-corrected chi connectivity index (χ4v) is 1.59. The highest BCUT2D eigenvalue weighted by molar-refractivity contribution is 5.11. The Labute approximate surface area is 89.3 Å². The molecule has 4 heteroatoms. The van der Waals surface area contributed by atoms with E-state index in [2.05, 4.69) is 34.5 Å². The Hall–Kier alpha value is -1.58. The summed E-state index contributed by atoms with van der Waals surface area (Å²) < 4.78 is 1.95. The van der Waals surface area contributed by atoms with Gasteiger partial charge in [-0.25, -0.2) is 0 Å². The molecule has 2 aromatic heterocycles. The molecule has 2 rings (SSSR count). The van der Waals surface area contributed by atoms with Gasteiger partial charge in [0, 0.05) is 18.4 Å². The summed E-state index contributed by atoms with van der Waals surface area (Å²) in [4.78, 5) is 0. The first-order valence-corrected chi connectivity index (χ1v) is 5.30. The molecule has 0 aromatic carbocycles. The SMILES string of the molecule is CCn1cc(CCc2cc(C)n[nH]2)cn1. The molecule has 2 heterocycles. The molecule has 4 nitrogen and oxygen atoms in total. The third-order valence-corrected chi connectivity index (χ3v) is 2.45. The monoisotopic (exact) mass is 204 g/mol. The van der Waals surface area contributed by atoms with E-state index in [0.717, 1.165) is 25.1 Å². The number of aromatic amines is 1. The molecule has 15 heavy (non-hydrogen) atoms. The summed E-state index contributed by atoms with van der Waals surface area (Å²) >= 11 is 0. The highest BCUT2D eigenvalue weighted by Crippen LogP contribution is 2.05. The molecule has 0 aliphatic carbocycles. The topological polar surface area (TPSA) is 46.5 Å². The molecule has 0 fully saturated rings. The number of hydrogen-bond donors (Lipinski definition) is 1. The molecule has 0 aliphatic rings. The average Bonchev–Trinajstić information content (AvgIpc) is 2.83. The Kier molecular flexibility index (Phi) is 2.85. The van der Waals surface area contributed by atoms with Crippen LogP contribution in [0.15, 0.2) is 18.5 Å². The van der Waals surface area contributed by atoms with Gasteiger partial charge in [-0.2, -0.15) is 10.2 Å². The second kappa shape index (κ2) is 4.29. The van der Waals surface area contributed by atoms with Gasteiger partial charge in [0.1, 0.15) is 0 Å². The Balaban J connectivity index is 1.93. The van der Waals surface area contributed by atoms with Crippen LogP contribution in [0.5, 0.6) is 0 Å². The van der Waals surface area contributed by atoms with Crippen LogP contribution < -0.4 is 0 Å². The predicted octanol–water partition coefficient (Wildman–Crippen LogP) is 1.72. The first kappa shape index (κ1) is 9.96. The van der Waals surface area contributed by atoms with Crippen LogP contribution in [0, 0.1) is 6.92 Å². The molecular formula is C11H16N4. The van der Waals surface area contributed by atoms with Gasteiger partial charge < -0.3 is 0 Å². The van der Waals surface area contributed by atoms with Crippen LogP contribution in [0.2, 0.25) is 0 Å². The van der Waals surface area contributed by atoms with E-state index in [1.165, 1.54) is 11.3 Å². The molecule has 0 aliphatic heterocycles. The van der Waals surface area contributed by atoms with E-state index >= 15 is 0 Å². The highest BCUT2D eigenvalue weighted by Gasteiger charge is 2.00. The van der Waals surface area contributed by atoms with Gasteiger partial charge in [0.05, 0.1) is 11.9 Å². The van der Waals surface area contributed by atoms with E-state index in [1.807, 2.05) is 17.8 Å². The van der Waals surface area contributed by atoms with Gasteiger partial charge in [-0.1, -0.05) is 0 Å². The van der Waals surface area contributed by atoms with Crippen molar-refractivity contribution in [2.75, 3.05) is 0 Å². The lowest BCUT2D eigenvalue weighted by Crippen LogP contribution is -1.93. The Bertz CT molecular complexity index is 427. The molecule has 2 aromatic rings. The van der Waals surface area contributed by atoms with E-state index in [4.69, 9.17) is 0 Å². The van der Waals surface area contributed by atoms with Gasteiger partial charge >= 0.3 is 0 Å². The normalized spacial score (nSPS) is 10.8. The number of nitrogens with zero attached hydrogens (tertiary/aromatic N) is 3. The van der Waals surface area contributed by atoms with E-state index < -0.39 is 0 Å². The van der Waals surface area contributed by atoms with Crippen LogP contribution in [0.4, 0.5) is 0 Å². The molecule has 0 spiro atoms. The molecule has 1 N–H and O–H groups in total. The molecule has 0 bridgehead atoms. The maximum atomic E-state index is 4.24. The molecule has 0 unspecified atom stereocenters. The molecule has 0 radical (unpaired) electrons. The number of hydrogen-bond acceptors (Lipinski definition) is 2. The maximum absolute atomic E-state index is 4.24. The zero-order valence-corrected chi connectivity index (χ0v) is 9.20. The Morgan fingerprint density at radius 3 is 2.87 bits per heavy atom.